The van der Waals surface area contributed by atoms with Crippen molar-refractivity contribution >= 4 is 40.5 Å². The first-order valence-electron chi connectivity index (χ1n) is 10.8. The number of benzene rings is 2. The van der Waals surface area contributed by atoms with Gasteiger partial charge in [-0.1, -0.05) is 44.0 Å². The van der Waals surface area contributed by atoms with Gasteiger partial charge < -0.3 is 10.6 Å². The maximum atomic E-state index is 12.5. The summed E-state index contributed by atoms with van der Waals surface area (Å²) in [5.41, 5.74) is 3.79. The summed E-state index contributed by atoms with van der Waals surface area (Å²) >= 11 is 12.7. The van der Waals surface area contributed by atoms with Crippen LogP contribution in [0, 0.1) is 29.1 Å². The van der Waals surface area contributed by atoms with Gasteiger partial charge in [0.25, 0.3) is 0 Å². The number of nitriles is 1. The summed E-state index contributed by atoms with van der Waals surface area (Å²) in [6.07, 6.45) is 2.55. The Morgan fingerprint density at radius 3 is 2.52 bits per heavy atom. The zero-order chi connectivity index (χ0) is 22.5. The van der Waals surface area contributed by atoms with Gasteiger partial charge in [-0.25, -0.2) is 0 Å². The quantitative estimate of drug-likeness (QED) is 0.460. The Morgan fingerprint density at radius 2 is 1.87 bits per heavy atom. The minimum Gasteiger partial charge on any atom is -0.378 e. The van der Waals surface area contributed by atoms with Crippen molar-refractivity contribution in [2.75, 3.05) is 10.6 Å². The number of fused-ring (bicyclic) bond motifs is 1. The molecular formula is C25H29Cl2N3O. The van der Waals surface area contributed by atoms with Gasteiger partial charge >= 0.3 is 0 Å². The molecule has 0 aliphatic heterocycles. The summed E-state index contributed by atoms with van der Waals surface area (Å²) < 4.78 is 0. The molecule has 0 heterocycles. The highest BCUT2D eigenvalue weighted by atomic mass is 35.5. The molecule has 0 fully saturated rings. The molecule has 0 aromatic heterocycles. The minimum atomic E-state index is -0.0125. The number of carbonyl (C=O) groups is 1. The highest BCUT2D eigenvalue weighted by Crippen LogP contribution is 2.42. The molecule has 3 atom stereocenters. The van der Waals surface area contributed by atoms with Crippen LogP contribution in [0.1, 0.15) is 57.2 Å². The first kappa shape index (κ1) is 23.4. The van der Waals surface area contributed by atoms with E-state index in [0.717, 1.165) is 29.7 Å². The third-order valence-corrected chi connectivity index (χ3v) is 6.70. The van der Waals surface area contributed by atoms with Gasteiger partial charge in [-0.3, -0.25) is 4.79 Å². The van der Waals surface area contributed by atoms with Crippen molar-refractivity contribution in [2.24, 2.45) is 17.8 Å². The van der Waals surface area contributed by atoms with Crippen molar-refractivity contribution in [3.8, 4) is 6.07 Å². The molecule has 2 N–H and O–H groups in total. The number of rotatable bonds is 7. The SMILES string of the molecule is CC(C)C(C)CC(=O)Nc1cc(Cl)c2c(c1)CC(CC#N)CC2Nc1ccc(Cl)cc1. The average Bonchev–Trinajstić information content (AvgIpc) is 2.69. The van der Waals surface area contributed by atoms with E-state index in [-0.39, 0.29) is 17.9 Å². The van der Waals surface area contributed by atoms with Crippen molar-refractivity contribution in [3.05, 3.63) is 57.6 Å². The Morgan fingerprint density at radius 1 is 1.16 bits per heavy atom. The van der Waals surface area contributed by atoms with E-state index in [1.54, 1.807) is 0 Å². The first-order valence-corrected chi connectivity index (χ1v) is 11.5. The van der Waals surface area contributed by atoms with Gasteiger partial charge in [0.1, 0.15) is 0 Å². The van der Waals surface area contributed by atoms with Crippen molar-refractivity contribution in [1.82, 2.24) is 0 Å². The molecule has 0 radical (unpaired) electrons. The third-order valence-electron chi connectivity index (χ3n) is 6.14. The molecule has 0 bridgehead atoms. The smallest absolute Gasteiger partial charge is 0.224 e. The summed E-state index contributed by atoms with van der Waals surface area (Å²) in [5.74, 6) is 0.980. The number of nitrogens with one attached hydrogen (secondary N) is 2. The van der Waals surface area contributed by atoms with E-state index in [0.29, 0.717) is 40.4 Å². The molecule has 0 saturated heterocycles. The monoisotopic (exact) mass is 457 g/mol. The largest absolute Gasteiger partial charge is 0.378 e. The molecule has 6 heteroatoms. The van der Waals surface area contributed by atoms with Gasteiger partial charge in [0.05, 0.1) is 12.1 Å². The fraction of sp³-hybridized carbons (Fsp3) is 0.440. The molecule has 31 heavy (non-hydrogen) atoms. The molecule has 164 valence electrons. The van der Waals surface area contributed by atoms with Gasteiger partial charge in [0.15, 0.2) is 0 Å². The normalized spacial score (nSPS) is 18.7. The number of amides is 1. The molecule has 3 unspecified atom stereocenters. The van der Waals surface area contributed by atoms with Crippen LogP contribution in [0.25, 0.3) is 0 Å². The molecular weight excluding hydrogens is 429 g/mol. The Bertz CT molecular complexity index is 966. The van der Waals surface area contributed by atoms with E-state index in [9.17, 15) is 10.1 Å². The van der Waals surface area contributed by atoms with Crippen LogP contribution >= 0.6 is 23.2 Å². The predicted molar refractivity (Wildman–Crippen MR) is 129 cm³/mol. The van der Waals surface area contributed by atoms with E-state index in [2.05, 4.69) is 37.5 Å². The number of nitrogens with zero attached hydrogens (tertiary/aromatic N) is 1. The standard InChI is InChI=1S/C25H29Cl2N3O/c1-15(2)16(3)10-24(31)30-21-13-18-11-17(8-9-28)12-23(25(18)22(27)14-21)29-20-6-4-19(26)5-7-20/h4-7,13-17,23,29H,8,10-12H2,1-3H3,(H,30,31). The number of carbonyl (C=O) groups excluding carboxylic acids is 1. The lowest BCUT2D eigenvalue weighted by molar-refractivity contribution is -0.117. The van der Waals surface area contributed by atoms with Crippen LogP contribution in [0.15, 0.2) is 36.4 Å². The molecule has 4 nitrogen and oxygen atoms in total. The fourth-order valence-electron chi connectivity index (χ4n) is 4.05. The highest BCUT2D eigenvalue weighted by molar-refractivity contribution is 6.32. The van der Waals surface area contributed by atoms with E-state index >= 15 is 0 Å². The van der Waals surface area contributed by atoms with Crippen LogP contribution in [-0.4, -0.2) is 5.91 Å². The lowest BCUT2D eigenvalue weighted by atomic mass is 9.79. The van der Waals surface area contributed by atoms with Crippen LogP contribution in [0.4, 0.5) is 11.4 Å². The predicted octanol–water partition coefficient (Wildman–Crippen LogP) is 7.24. The van der Waals surface area contributed by atoms with Gasteiger partial charge in [-0.05, 0) is 78.1 Å². The molecule has 1 aliphatic carbocycles. The van der Waals surface area contributed by atoms with E-state index < -0.39 is 0 Å². The third kappa shape index (κ3) is 6.15. The Kier molecular flexibility index (Phi) is 7.86. The molecule has 3 rings (SSSR count). The van der Waals surface area contributed by atoms with Gasteiger partial charge in [-0.15, -0.1) is 0 Å². The van der Waals surface area contributed by atoms with Crippen LogP contribution in [0.2, 0.25) is 10.0 Å². The summed E-state index contributed by atoms with van der Waals surface area (Å²) in [7, 11) is 0. The number of halogens is 2. The van der Waals surface area contributed by atoms with Crippen LogP contribution in [0.5, 0.6) is 0 Å². The summed E-state index contributed by atoms with van der Waals surface area (Å²) in [4.78, 5) is 12.5. The highest BCUT2D eigenvalue weighted by Gasteiger charge is 2.29. The molecule has 0 spiro atoms. The van der Waals surface area contributed by atoms with E-state index in [1.807, 2.05) is 36.4 Å². The maximum absolute atomic E-state index is 12.5. The van der Waals surface area contributed by atoms with E-state index in [1.165, 1.54) is 0 Å². The molecule has 1 aliphatic rings. The summed E-state index contributed by atoms with van der Waals surface area (Å²) in [6, 6.07) is 13.7. The number of hydrogen-bond acceptors (Lipinski definition) is 3. The minimum absolute atomic E-state index is 0.00237. The van der Waals surface area contributed by atoms with Gasteiger partial charge in [0.2, 0.25) is 5.91 Å². The Labute approximate surface area is 194 Å². The van der Waals surface area contributed by atoms with Crippen molar-refractivity contribution in [2.45, 2.75) is 52.5 Å². The summed E-state index contributed by atoms with van der Waals surface area (Å²) in [5, 5.41) is 17.1. The lowest BCUT2D eigenvalue weighted by Gasteiger charge is -2.33. The lowest BCUT2D eigenvalue weighted by Crippen LogP contribution is -2.25. The van der Waals surface area contributed by atoms with Crippen LogP contribution in [0.3, 0.4) is 0 Å². The van der Waals surface area contributed by atoms with E-state index in [4.69, 9.17) is 23.2 Å². The molecule has 0 saturated carbocycles. The van der Waals surface area contributed by atoms with Gasteiger partial charge in [0, 0.05) is 34.3 Å². The topological polar surface area (TPSA) is 64.9 Å². The molecule has 2 aromatic carbocycles. The molecule has 2 aromatic rings. The number of hydrogen-bond donors (Lipinski definition) is 2. The fourth-order valence-corrected chi connectivity index (χ4v) is 4.55. The Balaban J connectivity index is 1.85. The van der Waals surface area contributed by atoms with Crippen molar-refractivity contribution in [3.63, 3.8) is 0 Å². The van der Waals surface area contributed by atoms with Crippen LogP contribution in [-0.2, 0) is 11.2 Å². The van der Waals surface area contributed by atoms with Crippen molar-refractivity contribution < 1.29 is 4.79 Å². The van der Waals surface area contributed by atoms with Crippen molar-refractivity contribution in [1.29, 1.82) is 5.26 Å². The van der Waals surface area contributed by atoms with Gasteiger partial charge in [-0.2, -0.15) is 5.26 Å². The second-order valence-electron chi connectivity index (χ2n) is 8.88. The van der Waals surface area contributed by atoms with Crippen LogP contribution < -0.4 is 10.6 Å². The zero-order valence-corrected chi connectivity index (χ0v) is 19.7. The summed E-state index contributed by atoms with van der Waals surface area (Å²) in [6.45, 7) is 6.33. The molecule has 1 amide bonds. The second kappa shape index (κ2) is 10.4. The zero-order valence-electron chi connectivity index (χ0n) is 18.2. The number of anilines is 2. The second-order valence-corrected chi connectivity index (χ2v) is 9.72. The Hall–Kier alpha value is -2.22. The average molecular weight is 458 g/mol. The first-order chi connectivity index (χ1) is 14.8. The maximum Gasteiger partial charge on any atom is 0.224 e.